The maximum absolute atomic E-state index is 13.3. The molecule has 0 fully saturated rings. The van der Waals surface area contributed by atoms with Crippen LogP contribution in [-0.4, -0.2) is 49.8 Å². The van der Waals surface area contributed by atoms with E-state index in [1.807, 2.05) is 0 Å². The van der Waals surface area contributed by atoms with Crippen molar-refractivity contribution in [1.29, 1.82) is 0 Å². The molecule has 12 nitrogen and oxygen atoms in total. The van der Waals surface area contributed by atoms with Crippen LogP contribution in [0.1, 0.15) is 66.1 Å². The van der Waals surface area contributed by atoms with Crippen LogP contribution in [0, 0.1) is 6.92 Å². The number of fused-ring (bicyclic) bond motifs is 3. The number of nitrogens with zero attached hydrogens (tertiary/aromatic N) is 3. The molecule has 6 rings (SSSR count). The van der Waals surface area contributed by atoms with Gasteiger partial charge in [0.1, 0.15) is 17.1 Å². The van der Waals surface area contributed by atoms with Gasteiger partial charge in [0.15, 0.2) is 6.61 Å². The van der Waals surface area contributed by atoms with Crippen LogP contribution in [0.15, 0.2) is 48.8 Å². The first-order valence-electron chi connectivity index (χ1n) is 12.6. The number of carboxylic acids is 1. The van der Waals surface area contributed by atoms with Gasteiger partial charge < -0.3 is 25.8 Å². The summed E-state index contributed by atoms with van der Waals surface area (Å²) >= 11 is 0. The molecule has 4 N–H and O–H groups in total. The second-order valence-corrected chi connectivity index (χ2v) is 9.65. The first-order chi connectivity index (χ1) is 19.3. The van der Waals surface area contributed by atoms with E-state index in [1.54, 1.807) is 43.5 Å². The molecule has 0 radical (unpaired) electrons. The lowest BCUT2D eigenvalue weighted by molar-refractivity contribution is -0.118. The Labute approximate surface area is 227 Å². The number of anilines is 1. The number of benzene rings is 2. The smallest absolute Gasteiger partial charge is 0.335 e. The maximum atomic E-state index is 13.3. The van der Waals surface area contributed by atoms with E-state index in [4.69, 9.17) is 4.74 Å². The third kappa shape index (κ3) is 4.49. The first-order valence-corrected chi connectivity index (χ1v) is 12.6. The Hall–Kier alpha value is -5.26. The Balaban J connectivity index is 1.21. The topological polar surface area (TPSA) is 164 Å². The minimum absolute atomic E-state index is 0.0322. The molecule has 1 atom stereocenters. The summed E-state index contributed by atoms with van der Waals surface area (Å²) in [5, 5.41) is 18.0. The van der Waals surface area contributed by atoms with Crippen LogP contribution >= 0.6 is 0 Å². The number of hydrogen-bond acceptors (Lipinski definition) is 7. The third-order valence-electron chi connectivity index (χ3n) is 7.20. The molecule has 0 saturated carbocycles. The van der Waals surface area contributed by atoms with Gasteiger partial charge in [0, 0.05) is 18.9 Å². The zero-order valence-corrected chi connectivity index (χ0v) is 21.4. The molecule has 2 aliphatic rings. The minimum atomic E-state index is -0.983. The zero-order chi connectivity index (χ0) is 28.0. The van der Waals surface area contributed by atoms with Gasteiger partial charge in [0.25, 0.3) is 17.7 Å². The van der Waals surface area contributed by atoms with E-state index in [1.165, 1.54) is 16.7 Å². The van der Waals surface area contributed by atoms with Crippen molar-refractivity contribution < 1.29 is 29.0 Å². The van der Waals surface area contributed by atoms with Gasteiger partial charge in [-0.25, -0.2) is 14.8 Å². The molecule has 1 aliphatic carbocycles. The summed E-state index contributed by atoms with van der Waals surface area (Å²) in [6, 6.07) is 9.64. The maximum Gasteiger partial charge on any atom is 0.335 e. The van der Waals surface area contributed by atoms with E-state index < -0.39 is 17.8 Å². The number of amides is 3. The number of hydrogen-bond donors (Lipinski definition) is 4. The van der Waals surface area contributed by atoms with Gasteiger partial charge in [0.05, 0.1) is 17.3 Å². The lowest BCUT2D eigenvalue weighted by Crippen LogP contribution is -2.30. The van der Waals surface area contributed by atoms with Gasteiger partial charge in [-0.05, 0) is 66.3 Å². The van der Waals surface area contributed by atoms with Crippen molar-refractivity contribution in [2.45, 2.75) is 32.4 Å². The SMILES string of the molecule is Cc1c(C(=O)O)ccc2c1CC[C@@H]2NC(=O)c1cc(C(=O)NCc2ccc3c(c2)NC(=O)CO3)n2ccnc2n1. The molecule has 2 aromatic carbocycles. The van der Waals surface area contributed by atoms with Crippen molar-refractivity contribution in [3.63, 3.8) is 0 Å². The van der Waals surface area contributed by atoms with Gasteiger partial charge in [-0.3, -0.25) is 18.8 Å². The average Bonchev–Trinajstić information content (AvgIpc) is 3.58. The molecule has 3 heterocycles. The highest BCUT2D eigenvalue weighted by molar-refractivity contribution is 5.99. The summed E-state index contributed by atoms with van der Waals surface area (Å²) < 4.78 is 6.86. The number of aromatic nitrogens is 3. The van der Waals surface area contributed by atoms with Crippen molar-refractivity contribution in [1.82, 2.24) is 25.0 Å². The van der Waals surface area contributed by atoms with Crippen LogP contribution in [0.2, 0.25) is 0 Å². The minimum Gasteiger partial charge on any atom is -0.482 e. The Bertz CT molecular complexity index is 1730. The van der Waals surface area contributed by atoms with Crippen LogP contribution < -0.4 is 20.7 Å². The Kier molecular flexibility index (Phi) is 6.14. The largest absolute Gasteiger partial charge is 0.482 e. The molecule has 3 amide bonds. The zero-order valence-electron chi connectivity index (χ0n) is 21.4. The summed E-state index contributed by atoms with van der Waals surface area (Å²) in [4.78, 5) is 58.1. The number of nitrogens with one attached hydrogen (secondary N) is 3. The number of carbonyl (C=O) groups is 4. The molecule has 12 heteroatoms. The fraction of sp³-hybridized carbons (Fsp3) is 0.214. The highest BCUT2D eigenvalue weighted by Gasteiger charge is 2.28. The Morgan fingerprint density at radius 3 is 2.85 bits per heavy atom. The quantitative estimate of drug-likeness (QED) is 0.290. The van der Waals surface area contributed by atoms with Gasteiger partial charge >= 0.3 is 5.97 Å². The molecule has 2 aromatic heterocycles. The number of carbonyl (C=O) groups excluding carboxylic acids is 3. The molecule has 0 bridgehead atoms. The third-order valence-corrected chi connectivity index (χ3v) is 7.20. The van der Waals surface area contributed by atoms with Crippen LogP contribution in [0.5, 0.6) is 5.75 Å². The standard InChI is InChI=1S/C28H24N6O6/c1-14-16-5-6-19(18(16)4-3-17(14)27(38)39)32-25(36)21-11-22(34-9-8-29-28(34)33-21)26(37)30-12-15-2-7-23-20(10-15)31-24(35)13-40-23/h2-4,7-11,19H,5-6,12-13H2,1H3,(H,30,37)(H,31,35)(H,32,36)(H,38,39)/t19-/m0/s1. The van der Waals surface area contributed by atoms with Crippen LogP contribution in [0.4, 0.5) is 5.69 Å². The summed E-state index contributed by atoms with van der Waals surface area (Å²) in [5.41, 5.74) is 4.24. The Morgan fingerprint density at radius 2 is 2.02 bits per heavy atom. The molecule has 40 heavy (non-hydrogen) atoms. The van der Waals surface area contributed by atoms with Crippen LogP contribution in [0.25, 0.3) is 5.78 Å². The Morgan fingerprint density at radius 1 is 1.18 bits per heavy atom. The lowest BCUT2D eigenvalue weighted by atomic mass is 9.98. The van der Waals surface area contributed by atoms with Gasteiger partial charge in [-0.1, -0.05) is 12.1 Å². The van der Waals surface area contributed by atoms with Gasteiger partial charge in [-0.2, -0.15) is 0 Å². The normalized spacial score (nSPS) is 15.5. The molecule has 0 saturated heterocycles. The van der Waals surface area contributed by atoms with Crippen molar-refractivity contribution >= 4 is 35.2 Å². The molecular formula is C28H24N6O6. The molecule has 0 spiro atoms. The highest BCUT2D eigenvalue weighted by Crippen LogP contribution is 2.35. The van der Waals surface area contributed by atoms with E-state index in [0.29, 0.717) is 29.8 Å². The number of carboxylic acid groups (broad SMARTS) is 1. The summed E-state index contributed by atoms with van der Waals surface area (Å²) in [7, 11) is 0. The second-order valence-electron chi connectivity index (χ2n) is 9.65. The van der Waals surface area contributed by atoms with E-state index in [-0.39, 0.29) is 47.8 Å². The van der Waals surface area contributed by atoms with E-state index in [0.717, 1.165) is 16.7 Å². The van der Waals surface area contributed by atoms with Crippen molar-refractivity contribution in [3.05, 3.63) is 88.0 Å². The van der Waals surface area contributed by atoms with E-state index in [9.17, 15) is 24.3 Å². The molecule has 1 aliphatic heterocycles. The van der Waals surface area contributed by atoms with Crippen LogP contribution in [0.3, 0.4) is 0 Å². The summed E-state index contributed by atoms with van der Waals surface area (Å²) in [6.45, 7) is 1.90. The number of rotatable bonds is 6. The van der Waals surface area contributed by atoms with Crippen LogP contribution in [-0.2, 0) is 17.8 Å². The van der Waals surface area contributed by atoms with Gasteiger partial charge in [0.2, 0.25) is 5.78 Å². The predicted molar refractivity (Wildman–Crippen MR) is 141 cm³/mol. The first kappa shape index (κ1) is 25.0. The van der Waals surface area contributed by atoms with Crippen molar-refractivity contribution in [2.24, 2.45) is 0 Å². The van der Waals surface area contributed by atoms with E-state index >= 15 is 0 Å². The molecule has 202 valence electrons. The summed E-state index contributed by atoms with van der Waals surface area (Å²) in [5.74, 6) is -1.39. The lowest BCUT2D eigenvalue weighted by Gasteiger charge is -2.18. The number of aromatic carboxylic acids is 1. The van der Waals surface area contributed by atoms with Crippen molar-refractivity contribution in [3.8, 4) is 5.75 Å². The van der Waals surface area contributed by atoms with E-state index in [2.05, 4.69) is 25.9 Å². The summed E-state index contributed by atoms with van der Waals surface area (Å²) in [6.07, 6.45) is 4.34. The fourth-order valence-corrected chi connectivity index (χ4v) is 5.20. The highest BCUT2D eigenvalue weighted by atomic mass is 16.5. The average molecular weight is 541 g/mol. The predicted octanol–water partition coefficient (Wildman–Crippen LogP) is 2.41. The molecule has 4 aromatic rings. The molecule has 0 unspecified atom stereocenters. The number of imidazole rings is 1. The van der Waals surface area contributed by atoms with Gasteiger partial charge in [-0.15, -0.1) is 0 Å². The molecular weight excluding hydrogens is 516 g/mol. The monoisotopic (exact) mass is 540 g/mol. The number of ether oxygens (including phenoxy) is 1. The fourth-order valence-electron chi connectivity index (χ4n) is 5.20. The second kappa shape index (κ2) is 9.80. The van der Waals surface area contributed by atoms with Crippen molar-refractivity contribution in [2.75, 3.05) is 11.9 Å².